The van der Waals surface area contributed by atoms with E-state index in [4.69, 9.17) is 11.6 Å². The van der Waals surface area contributed by atoms with Gasteiger partial charge in [-0.2, -0.15) is 0 Å². The number of carbonyl (C=O) groups excluding carboxylic acids is 1. The zero-order chi connectivity index (χ0) is 12.5. The van der Waals surface area contributed by atoms with Crippen molar-refractivity contribution in [2.45, 2.75) is 32.6 Å². The Bertz CT molecular complexity index is 441. The molecule has 4 heteroatoms. The highest BCUT2D eigenvalue weighted by Crippen LogP contribution is 2.39. The van der Waals surface area contributed by atoms with Crippen molar-refractivity contribution in [2.75, 3.05) is 5.32 Å². The van der Waals surface area contributed by atoms with E-state index in [1.807, 2.05) is 19.1 Å². The summed E-state index contributed by atoms with van der Waals surface area (Å²) in [4.78, 5) is 12.2. The third kappa shape index (κ3) is 2.66. The lowest BCUT2D eigenvalue weighted by atomic mass is 9.88. The minimum atomic E-state index is -0.220. The fourth-order valence-electron chi connectivity index (χ4n) is 2.26. The normalized spacial score (nSPS) is 18.1. The van der Waals surface area contributed by atoms with E-state index in [2.05, 4.69) is 21.2 Å². The number of hydrogen-bond donors (Lipinski definition) is 1. The van der Waals surface area contributed by atoms with Crippen molar-refractivity contribution in [1.29, 1.82) is 0 Å². The van der Waals surface area contributed by atoms with E-state index in [0.717, 1.165) is 35.8 Å². The van der Waals surface area contributed by atoms with Gasteiger partial charge in [-0.25, -0.2) is 0 Å². The molecule has 0 unspecified atom stereocenters. The van der Waals surface area contributed by atoms with Crippen LogP contribution in [0.5, 0.6) is 0 Å². The first-order valence-corrected chi connectivity index (χ1v) is 6.95. The minimum Gasteiger partial charge on any atom is -0.325 e. The van der Waals surface area contributed by atoms with Gasteiger partial charge in [0.05, 0.1) is 15.2 Å². The van der Waals surface area contributed by atoms with Crippen molar-refractivity contribution in [3.63, 3.8) is 0 Å². The van der Waals surface area contributed by atoms with Gasteiger partial charge in [0.25, 0.3) is 0 Å². The summed E-state index contributed by atoms with van der Waals surface area (Å²) in [6.07, 6.45) is 4.22. The standard InChI is InChI=1S/C13H15BrClNO/c1-13(7-2-3-8-13)12(17)16-10-6-4-5-9(15)11(10)14/h4-6H,2-3,7-8H2,1H3,(H,16,17). The van der Waals surface area contributed by atoms with Gasteiger partial charge in [0.15, 0.2) is 0 Å². The van der Waals surface area contributed by atoms with Crippen LogP contribution in [0.4, 0.5) is 5.69 Å². The van der Waals surface area contributed by atoms with Gasteiger partial charge in [0.2, 0.25) is 5.91 Å². The van der Waals surface area contributed by atoms with Crippen molar-refractivity contribution in [1.82, 2.24) is 0 Å². The molecule has 0 aliphatic heterocycles. The van der Waals surface area contributed by atoms with Crippen LogP contribution in [0.3, 0.4) is 0 Å². The molecule has 1 aromatic carbocycles. The van der Waals surface area contributed by atoms with E-state index in [1.165, 1.54) is 0 Å². The number of benzene rings is 1. The van der Waals surface area contributed by atoms with E-state index < -0.39 is 0 Å². The minimum absolute atomic E-state index is 0.0953. The summed E-state index contributed by atoms with van der Waals surface area (Å²) < 4.78 is 0.747. The highest BCUT2D eigenvalue weighted by atomic mass is 79.9. The third-order valence-electron chi connectivity index (χ3n) is 3.46. The number of nitrogens with one attached hydrogen (secondary N) is 1. The van der Waals surface area contributed by atoms with Crippen molar-refractivity contribution >= 4 is 39.1 Å². The number of amides is 1. The van der Waals surface area contributed by atoms with E-state index in [0.29, 0.717) is 5.02 Å². The Morgan fingerprint density at radius 3 is 2.71 bits per heavy atom. The quantitative estimate of drug-likeness (QED) is 0.847. The van der Waals surface area contributed by atoms with Crippen LogP contribution in [0, 0.1) is 5.41 Å². The van der Waals surface area contributed by atoms with Gasteiger partial charge < -0.3 is 5.32 Å². The Balaban J connectivity index is 2.16. The fourth-order valence-corrected chi connectivity index (χ4v) is 2.79. The predicted octanol–water partition coefficient (Wildman–Crippen LogP) is 4.62. The number of carbonyl (C=O) groups is 1. The van der Waals surface area contributed by atoms with Crippen LogP contribution in [0.1, 0.15) is 32.6 Å². The molecule has 0 heterocycles. The first-order chi connectivity index (χ1) is 8.03. The largest absolute Gasteiger partial charge is 0.325 e. The predicted molar refractivity (Wildman–Crippen MR) is 74.4 cm³/mol. The molecule has 1 aliphatic carbocycles. The van der Waals surface area contributed by atoms with E-state index in [9.17, 15) is 4.79 Å². The zero-order valence-corrected chi connectivity index (χ0v) is 12.1. The van der Waals surface area contributed by atoms with Gasteiger partial charge in [-0.15, -0.1) is 0 Å². The summed E-state index contributed by atoms with van der Waals surface area (Å²) >= 11 is 9.38. The molecular weight excluding hydrogens is 302 g/mol. The maximum absolute atomic E-state index is 12.2. The Hall–Kier alpha value is -0.540. The number of hydrogen-bond acceptors (Lipinski definition) is 1. The van der Waals surface area contributed by atoms with Crippen LogP contribution in [0.25, 0.3) is 0 Å². The van der Waals surface area contributed by atoms with Crippen molar-refractivity contribution in [2.24, 2.45) is 5.41 Å². The van der Waals surface area contributed by atoms with Crippen LogP contribution in [0.2, 0.25) is 5.02 Å². The zero-order valence-electron chi connectivity index (χ0n) is 9.72. The molecule has 1 fully saturated rings. The topological polar surface area (TPSA) is 29.1 Å². The second kappa shape index (κ2) is 4.99. The molecule has 1 aliphatic rings. The Morgan fingerprint density at radius 1 is 1.41 bits per heavy atom. The van der Waals surface area contributed by atoms with Crippen molar-refractivity contribution in [3.8, 4) is 0 Å². The smallest absolute Gasteiger partial charge is 0.230 e. The maximum Gasteiger partial charge on any atom is 0.230 e. The Labute approximate surface area is 115 Å². The average molecular weight is 317 g/mol. The molecule has 2 rings (SSSR count). The number of anilines is 1. The van der Waals surface area contributed by atoms with Gasteiger partial charge in [0, 0.05) is 5.41 Å². The lowest BCUT2D eigenvalue weighted by molar-refractivity contribution is -0.124. The number of halogens is 2. The summed E-state index contributed by atoms with van der Waals surface area (Å²) in [5.41, 5.74) is 0.525. The van der Waals surface area contributed by atoms with Gasteiger partial charge in [-0.3, -0.25) is 4.79 Å². The summed E-state index contributed by atoms with van der Waals surface area (Å²) in [6.45, 7) is 2.04. The summed E-state index contributed by atoms with van der Waals surface area (Å²) in [7, 11) is 0. The molecule has 1 saturated carbocycles. The molecule has 1 N–H and O–H groups in total. The van der Waals surface area contributed by atoms with Gasteiger partial charge in [-0.1, -0.05) is 37.4 Å². The van der Waals surface area contributed by atoms with Gasteiger partial charge in [0.1, 0.15) is 0 Å². The Morgan fingerprint density at radius 2 is 2.06 bits per heavy atom. The van der Waals surface area contributed by atoms with E-state index in [-0.39, 0.29) is 11.3 Å². The van der Waals surface area contributed by atoms with Crippen LogP contribution >= 0.6 is 27.5 Å². The van der Waals surface area contributed by atoms with Gasteiger partial charge in [-0.05, 0) is 40.9 Å². The SMILES string of the molecule is CC1(C(=O)Nc2cccc(Cl)c2Br)CCCC1. The molecule has 0 radical (unpaired) electrons. The second-order valence-corrected chi connectivity index (χ2v) is 6.02. The molecule has 0 saturated heterocycles. The summed E-state index contributed by atoms with van der Waals surface area (Å²) in [5.74, 6) is 0.0953. The molecule has 17 heavy (non-hydrogen) atoms. The molecule has 0 bridgehead atoms. The average Bonchev–Trinajstić information content (AvgIpc) is 2.73. The molecule has 1 amide bonds. The molecule has 0 aromatic heterocycles. The fraction of sp³-hybridized carbons (Fsp3) is 0.462. The second-order valence-electron chi connectivity index (χ2n) is 4.82. The van der Waals surface area contributed by atoms with Crippen LogP contribution in [-0.4, -0.2) is 5.91 Å². The molecule has 2 nitrogen and oxygen atoms in total. The molecule has 92 valence electrons. The highest BCUT2D eigenvalue weighted by molar-refractivity contribution is 9.10. The highest BCUT2D eigenvalue weighted by Gasteiger charge is 2.36. The van der Waals surface area contributed by atoms with Crippen LogP contribution in [0.15, 0.2) is 22.7 Å². The monoisotopic (exact) mass is 315 g/mol. The van der Waals surface area contributed by atoms with Gasteiger partial charge >= 0.3 is 0 Å². The Kier molecular flexibility index (Phi) is 3.79. The lowest BCUT2D eigenvalue weighted by Crippen LogP contribution is -2.30. The lowest BCUT2D eigenvalue weighted by Gasteiger charge is -2.22. The molecule has 0 atom stereocenters. The molecule has 0 spiro atoms. The third-order valence-corrected chi connectivity index (χ3v) is 4.85. The van der Waals surface area contributed by atoms with E-state index in [1.54, 1.807) is 6.07 Å². The molecule has 1 aromatic rings. The summed E-state index contributed by atoms with van der Waals surface area (Å²) in [6, 6.07) is 5.48. The van der Waals surface area contributed by atoms with Crippen LogP contribution < -0.4 is 5.32 Å². The maximum atomic E-state index is 12.2. The van der Waals surface area contributed by atoms with Crippen LogP contribution in [-0.2, 0) is 4.79 Å². The molecular formula is C13H15BrClNO. The van der Waals surface area contributed by atoms with Crippen molar-refractivity contribution < 1.29 is 4.79 Å². The number of rotatable bonds is 2. The first-order valence-electron chi connectivity index (χ1n) is 5.78. The summed E-state index contributed by atoms with van der Waals surface area (Å²) in [5, 5.41) is 3.57. The van der Waals surface area contributed by atoms with Crippen molar-refractivity contribution in [3.05, 3.63) is 27.7 Å². The van der Waals surface area contributed by atoms with E-state index >= 15 is 0 Å². The first kappa shape index (κ1) is 12.9.